The van der Waals surface area contributed by atoms with Gasteiger partial charge in [0.1, 0.15) is 5.82 Å². The van der Waals surface area contributed by atoms with Crippen LogP contribution in [0, 0.1) is 0 Å². The minimum atomic E-state index is 0.545. The summed E-state index contributed by atoms with van der Waals surface area (Å²) in [6, 6.07) is 1.94. The number of aromatic nitrogens is 2. The normalized spacial score (nSPS) is 17.9. The number of nitrogens with zero attached hydrogens (tertiary/aromatic N) is 2. The van der Waals surface area contributed by atoms with Crippen LogP contribution in [-0.4, -0.2) is 9.78 Å². The minimum Gasteiger partial charge on any atom is -0.382 e. The van der Waals surface area contributed by atoms with Crippen molar-refractivity contribution in [1.82, 2.24) is 9.78 Å². The molecule has 0 amide bonds. The van der Waals surface area contributed by atoms with Crippen molar-refractivity contribution in [1.29, 1.82) is 0 Å². The van der Waals surface area contributed by atoms with Crippen LogP contribution in [-0.2, 0) is 0 Å². The predicted molar refractivity (Wildman–Crippen MR) is 89.3 cm³/mol. The average molecular weight is 277 g/mol. The van der Waals surface area contributed by atoms with E-state index in [1.807, 2.05) is 29.0 Å². The smallest absolute Gasteiger partial charge is 0.146 e. The molecule has 0 aliphatic heterocycles. The summed E-state index contributed by atoms with van der Waals surface area (Å²) in [7, 11) is 0. The first-order chi connectivity index (χ1) is 10.2. The highest BCUT2D eigenvalue weighted by atomic mass is 15.3. The maximum atomic E-state index is 5.94. The molecule has 2 N–H and O–H groups in total. The predicted octanol–water partition coefficient (Wildman–Crippen LogP) is 4.11. The van der Waals surface area contributed by atoms with E-state index in [1.165, 1.54) is 5.57 Å². The molecule has 0 aromatic carbocycles. The average Bonchev–Trinajstić information content (AvgIpc) is 2.67. The van der Waals surface area contributed by atoms with E-state index in [1.54, 1.807) is 0 Å². The molecule has 0 unspecified atom stereocenters. The van der Waals surface area contributed by atoms with Gasteiger partial charge in [-0.25, -0.2) is 4.68 Å². The number of rotatable bonds is 2. The van der Waals surface area contributed by atoms with Gasteiger partial charge in [-0.05, 0) is 19.4 Å². The zero-order chi connectivity index (χ0) is 14.7. The molecule has 0 bridgehead atoms. The Kier molecular flexibility index (Phi) is 3.73. The zero-order valence-corrected chi connectivity index (χ0v) is 12.2. The highest BCUT2D eigenvalue weighted by Gasteiger charge is 2.13. The maximum absolute atomic E-state index is 5.94. The van der Waals surface area contributed by atoms with E-state index in [0.717, 1.165) is 29.8 Å². The summed E-state index contributed by atoms with van der Waals surface area (Å²) in [5, 5.41) is 4.47. The van der Waals surface area contributed by atoms with Crippen molar-refractivity contribution in [3.8, 4) is 0 Å². The van der Waals surface area contributed by atoms with Crippen molar-refractivity contribution in [3.63, 3.8) is 0 Å². The van der Waals surface area contributed by atoms with Gasteiger partial charge in [0.05, 0.1) is 5.69 Å². The first-order valence-corrected chi connectivity index (χ1v) is 7.17. The SMILES string of the molecule is CC1=CC(c2cc(N)nn2C2=CC=CC=CC2)=CC=CC1. The van der Waals surface area contributed by atoms with E-state index in [2.05, 4.69) is 48.5 Å². The second-order valence-electron chi connectivity index (χ2n) is 5.29. The van der Waals surface area contributed by atoms with Gasteiger partial charge >= 0.3 is 0 Å². The Bertz CT molecular complexity index is 722. The van der Waals surface area contributed by atoms with Crippen LogP contribution in [0.4, 0.5) is 5.82 Å². The van der Waals surface area contributed by atoms with Crippen LogP contribution in [0.15, 0.2) is 66.3 Å². The topological polar surface area (TPSA) is 43.8 Å². The van der Waals surface area contributed by atoms with Crippen LogP contribution in [0.2, 0.25) is 0 Å². The summed E-state index contributed by atoms with van der Waals surface area (Å²) in [6.07, 6.45) is 20.7. The fourth-order valence-corrected chi connectivity index (χ4v) is 2.50. The summed E-state index contributed by atoms with van der Waals surface area (Å²) in [5.74, 6) is 0.545. The summed E-state index contributed by atoms with van der Waals surface area (Å²) >= 11 is 0. The molecule has 0 atom stereocenters. The highest BCUT2D eigenvalue weighted by molar-refractivity contribution is 5.78. The van der Waals surface area contributed by atoms with Gasteiger partial charge in [0.15, 0.2) is 0 Å². The molecule has 21 heavy (non-hydrogen) atoms. The Morgan fingerprint density at radius 1 is 1.05 bits per heavy atom. The van der Waals surface area contributed by atoms with Crippen molar-refractivity contribution in [2.75, 3.05) is 5.73 Å². The lowest BCUT2D eigenvalue weighted by molar-refractivity contribution is 0.872. The van der Waals surface area contributed by atoms with Gasteiger partial charge in [-0.3, -0.25) is 0 Å². The molecule has 1 aromatic heterocycles. The van der Waals surface area contributed by atoms with Crippen LogP contribution >= 0.6 is 0 Å². The number of hydrogen-bond acceptors (Lipinski definition) is 2. The minimum absolute atomic E-state index is 0.545. The molecule has 0 fully saturated rings. The summed E-state index contributed by atoms with van der Waals surface area (Å²) in [5.41, 5.74) is 10.6. The summed E-state index contributed by atoms with van der Waals surface area (Å²) in [6.45, 7) is 2.14. The van der Waals surface area contributed by atoms with E-state index in [-0.39, 0.29) is 0 Å². The third-order valence-corrected chi connectivity index (χ3v) is 3.52. The van der Waals surface area contributed by atoms with Crippen LogP contribution < -0.4 is 5.73 Å². The molecule has 0 spiro atoms. The maximum Gasteiger partial charge on any atom is 0.146 e. The molecule has 2 aliphatic rings. The highest BCUT2D eigenvalue weighted by Crippen LogP contribution is 2.27. The van der Waals surface area contributed by atoms with E-state index >= 15 is 0 Å². The van der Waals surface area contributed by atoms with Crippen molar-refractivity contribution >= 4 is 17.1 Å². The largest absolute Gasteiger partial charge is 0.382 e. The van der Waals surface area contributed by atoms with Crippen LogP contribution in [0.1, 0.15) is 25.5 Å². The molecule has 0 saturated carbocycles. The first-order valence-electron chi connectivity index (χ1n) is 7.17. The van der Waals surface area contributed by atoms with Gasteiger partial charge in [-0.2, -0.15) is 5.10 Å². The number of hydrogen-bond donors (Lipinski definition) is 1. The molecule has 2 aliphatic carbocycles. The lowest BCUT2D eigenvalue weighted by atomic mass is 10.1. The monoisotopic (exact) mass is 277 g/mol. The second-order valence-corrected chi connectivity index (χ2v) is 5.29. The van der Waals surface area contributed by atoms with Gasteiger partial charge in [-0.1, -0.05) is 54.2 Å². The molecule has 3 rings (SSSR count). The third kappa shape index (κ3) is 2.97. The summed E-state index contributed by atoms with van der Waals surface area (Å²) < 4.78 is 1.95. The van der Waals surface area contributed by atoms with Gasteiger partial charge in [0, 0.05) is 23.8 Å². The van der Waals surface area contributed by atoms with Crippen LogP contribution in [0.25, 0.3) is 11.3 Å². The molecule has 1 aromatic rings. The fourth-order valence-electron chi connectivity index (χ4n) is 2.50. The quantitative estimate of drug-likeness (QED) is 0.884. The Hall–Kier alpha value is -2.55. The second kappa shape index (κ2) is 5.83. The number of nitrogen functional groups attached to an aromatic ring is 1. The van der Waals surface area contributed by atoms with Gasteiger partial charge < -0.3 is 5.73 Å². The van der Waals surface area contributed by atoms with Crippen LogP contribution in [0.3, 0.4) is 0 Å². The molecule has 3 nitrogen and oxygen atoms in total. The van der Waals surface area contributed by atoms with E-state index in [9.17, 15) is 0 Å². The van der Waals surface area contributed by atoms with Crippen LogP contribution in [0.5, 0.6) is 0 Å². The molecule has 1 heterocycles. The van der Waals surface area contributed by atoms with Gasteiger partial charge in [0.25, 0.3) is 0 Å². The molecular formula is C18H19N3. The number of anilines is 1. The molecular weight excluding hydrogens is 258 g/mol. The van der Waals surface area contributed by atoms with E-state index in [0.29, 0.717) is 5.82 Å². The van der Waals surface area contributed by atoms with Crippen molar-refractivity contribution in [3.05, 3.63) is 72.0 Å². The van der Waals surface area contributed by atoms with E-state index in [4.69, 9.17) is 5.73 Å². The number of nitrogens with two attached hydrogens (primary N) is 1. The third-order valence-electron chi connectivity index (χ3n) is 3.52. The first kappa shape index (κ1) is 13.4. The Morgan fingerprint density at radius 2 is 1.90 bits per heavy atom. The standard InChI is InChI=1S/C18H19N3/c1-14-8-6-7-9-15(12-14)17-13-18(19)20-21(17)16-10-4-2-3-5-11-16/h2-7,9-10,12-13H,8,11H2,1H3,(H2,19,20). The van der Waals surface area contributed by atoms with E-state index < -0.39 is 0 Å². The lowest BCUT2D eigenvalue weighted by Gasteiger charge is -2.10. The van der Waals surface area contributed by atoms with Gasteiger partial charge in [-0.15, -0.1) is 0 Å². The fraction of sp³-hybridized carbons (Fsp3) is 0.167. The molecule has 106 valence electrons. The summed E-state index contributed by atoms with van der Waals surface area (Å²) in [4.78, 5) is 0. The molecule has 0 radical (unpaired) electrons. The number of allylic oxidation sites excluding steroid dienone is 12. The Morgan fingerprint density at radius 3 is 2.81 bits per heavy atom. The molecule has 0 saturated heterocycles. The Balaban J connectivity index is 2.08. The molecule has 3 heteroatoms. The zero-order valence-electron chi connectivity index (χ0n) is 12.2. The lowest BCUT2D eigenvalue weighted by Crippen LogP contribution is -2.03. The Labute approximate surface area is 125 Å². The van der Waals surface area contributed by atoms with Gasteiger partial charge in [0.2, 0.25) is 0 Å². The van der Waals surface area contributed by atoms with Crippen molar-refractivity contribution < 1.29 is 0 Å². The van der Waals surface area contributed by atoms with Crippen molar-refractivity contribution in [2.24, 2.45) is 0 Å². The van der Waals surface area contributed by atoms with Crippen molar-refractivity contribution in [2.45, 2.75) is 19.8 Å².